The van der Waals surface area contributed by atoms with E-state index in [9.17, 15) is 53.7 Å². The SMILES string of the molecule is NCCCC[C@H](NC(=O)[C@@H](N)CCC(N)=O)C(=O)N[C@@H](CCC(=O)O)C(=O)N[C@@H](Cc1ccc(O)cc1)C(=O)N[C@@H](Cc1ccccc1)C(=O)N[C@@H](Cc1ccccc1)C(=O)O. The number of benzene rings is 3. The number of carboxylic acids is 2. The van der Waals surface area contributed by atoms with Crippen LogP contribution in [0.25, 0.3) is 0 Å². The first-order valence-corrected chi connectivity index (χ1v) is 20.1. The molecule has 3 aromatic rings. The Morgan fingerprint density at radius 2 is 0.919 bits per heavy atom. The average Bonchev–Trinajstić information content (AvgIpc) is 3.24. The van der Waals surface area contributed by atoms with Gasteiger partial charge in [0.05, 0.1) is 6.04 Å². The van der Waals surface area contributed by atoms with Gasteiger partial charge in [-0.1, -0.05) is 72.8 Å². The maximum atomic E-state index is 14.3. The third-order valence-electron chi connectivity index (χ3n) is 9.72. The van der Waals surface area contributed by atoms with Crippen molar-refractivity contribution in [3.05, 3.63) is 102 Å². The van der Waals surface area contributed by atoms with Crippen LogP contribution in [0.2, 0.25) is 0 Å². The van der Waals surface area contributed by atoms with E-state index in [4.69, 9.17) is 17.2 Å². The predicted octanol–water partition coefficient (Wildman–Crippen LogP) is -0.485. The van der Waals surface area contributed by atoms with Gasteiger partial charge in [0.25, 0.3) is 0 Å². The molecule has 3 rings (SSSR count). The predicted molar refractivity (Wildman–Crippen MR) is 226 cm³/mol. The van der Waals surface area contributed by atoms with E-state index in [0.717, 1.165) is 0 Å². The number of phenolic OH excluding ortho intramolecular Hbond substituents is 1. The summed E-state index contributed by atoms with van der Waals surface area (Å²) in [4.78, 5) is 104. The number of carbonyl (C=O) groups excluding carboxylic acids is 6. The zero-order chi connectivity index (χ0) is 45.6. The normalized spacial score (nSPS) is 13.8. The van der Waals surface area contributed by atoms with Gasteiger partial charge in [0.2, 0.25) is 35.4 Å². The van der Waals surface area contributed by atoms with Gasteiger partial charge in [-0.25, -0.2) is 4.79 Å². The summed E-state index contributed by atoms with van der Waals surface area (Å²) in [6, 6.07) is 14.6. The van der Waals surface area contributed by atoms with Gasteiger partial charge in [0, 0.05) is 32.1 Å². The lowest BCUT2D eigenvalue weighted by Gasteiger charge is -2.27. The van der Waals surface area contributed by atoms with Crippen molar-refractivity contribution in [1.82, 2.24) is 26.6 Å². The fraction of sp³-hybridized carbons (Fsp3) is 0.395. The molecule has 0 bridgehead atoms. The number of hydrogen-bond acceptors (Lipinski definition) is 11. The Labute approximate surface area is 358 Å². The van der Waals surface area contributed by atoms with Gasteiger partial charge in [-0.15, -0.1) is 0 Å². The van der Waals surface area contributed by atoms with Gasteiger partial charge < -0.3 is 59.1 Å². The molecule has 0 saturated carbocycles. The summed E-state index contributed by atoms with van der Waals surface area (Å²) >= 11 is 0. The number of phenols is 1. The van der Waals surface area contributed by atoms with Gasteiger partial charge in [-0.3, -0.25) is 33.6 Å². The Balaban J connectivity index is 1.93. The molecule has 3 aromatic carbocycles. The van der Waals surface area contributed by atoms with Crippen molar-refractivity contribution in [1.29, 1.82) is 0 Å². The van der Waals surface area contributed by atoms with Crippen molar-refractivity contribution in [3.8, 4) is 5.75 Å². The van der Waals surface area contributed by atoms with Crippen molar-refractivity contribution >= 4 is 47.4 Å². The Bertz CT molecular complexity index is 1970. The molecule has 0 aliphatic rings. The van der Waals surface area contributed by atoms with Crippen molar-refractivity contribution in [2.24, 2.45) is 17.2 Å². The minimum absolute atomic E-state index is 0.0510. The molecule has 0 saturated heterocycles. The minimum atomic E-state index is -1.57. The average molecular weight is 861 g/mol. The number of carbonyl (C=O) groups is 8. The van der Waals surface area contributed by atoms with Gasteiger partial charge in [-0.05, 0) is 67.5 Å². The molecular formula is C43H56N8O11. The second-order valence-electron chi connectivity index (χ2n) is 14.7. The second-order valence-corrected chi connectivity index (χ2v) is 14.7. The summed E-state index contributed by atoms with van der Waals surface area (Å²) in [5.41, 5.74) is 18.4. The standard InChI is InChI=1S/C43H56N8O11/c44-22-8-7-13-31(47-38(56)30(45)18-20-36(46)53)39(57)48-32(19-21-37(54)55)40(58)49-34(24-28-14-16-29(52)17-15-28)41(59)50-33(23-26-9-3-1-4-10-26)42(60)51-35(43(61)62)25-27-11-5-2-6-12-27/h1-6,9-12,14-17,30-35,52H,7-8,13,18-25,44-45H2,(H2,46,53)(H,47,56)(H,48,57)(H,49,58)(H,50,59)(H,51,60)(H,54,55)(H,61,62)/t30-,31-,32-,33-,34-,35-/m0/s1. The molecule has 0 radical (unpaired) electrons. The Kier molecular flexibility index (Phi) is 20.5. The quantitative estimate of drug-likeness (QED) is 0.0432. The maximum absolute atomic E-state index is 14.3. The highest BCUT2D eigenvalue weighted by Gasteiger charge is 2.33. The third kappa shape index (κ3) is 17.8. The number of carboxylic acid groups (broad SMARTS) is 2. The Hall–Kier alpha value is -6.86. The Morgan fingerprint density at radius 3 is 1.39 bits per heavy atom. The lowest BCUT2D eigenvalue weighted by Crippen LogP contribution is -2.60. The number of nitrogens with two attached hydrogens (primary N) is 3. The second kappa shape index (κ2) is 25.7. The summed E-state index contributed by atoms with van der Waals surface area (Å²) in [6.07, 6.45) is -0.813. The van der Waals surface area contributed by atoms with Crippen LogP contribution in [0.15, 0.2) is 84.9 Å². The minimum Gasteiger partial charge on any atom is -0.508 e. The van der Waals surface area contributed by atoms with E-state index in [2.05, 4.69) is 26.6 Å². The lowest BCUT2D eigenvalue weighted by molar-refractivity contribution is -0.142. The molecule has 334 valence electrons. The van der Waals surface area contributed by atoms with E-state index >= 15 is 0 Å². The van der Waals surface area contributed by atoms with E-state index in [1.807, 2.05) is 0 Å². The van der Waals surface area contributed by atoms with Gasteiger partial charge in [0.1, 0.15) is 36.0 Å². The molecule has 62 heavy (non-hydrogen) atoms. The number of amides is 6. The van der Waals surface area contributed by atoms with Gasteiger partial charge >= 0.3 is 11.9 Å². The fourth-order valence-electron chi connectivity index (χ4n) is 6.28. The van der Waals surface area contributed by atoms with E-state index in [-0.39, 0.29) is 50.8 Å². The van der Waals surface area contributed by atoms with E-state index < -0.39 is 96.5 Å². The highest BCUT2D eigenvalue weighted by atomic mass is 16.4. The highest BCUT2D eigenvalue weighted by molar-refractivity contribution is 5.96. The summed E-state index contributed by atoms with van der Waals surface area (Å²) in [6.45, 7) is 0.274. The van der Waals surface area contributed by atoms with E-state index in [1.165, 1.54) is 24.3 Å². The van der Waals surface area contributed by atoms with Crippen LogP contribution in [0.3, 0.4) is 0 Å². The fourth-order valence-corrected chi connectivity index (χ4v) is 6.28. The maximum Gasteiger partial charge on any atom is 0.326 e. The van der Waals surface area contributed by atoms with Crippen LogP contribution >= 0.6 is 0 Å². The van der Waals surface area contributed by atoms with Crippen molar-refractivity contribution in [3.63, 3.8) is 0 Å². The van der Waals surface area contributed by atoms with Crippen LogP contribution in [0.4, 0.5) is 0 Å². The number of primary amides is 1. The first-order chi connectivity index (χ1) is 29.6. The smallest absolute Gasteiger partial charge is 0.326 e. The lowest BCUT2D eigenvalue weighted by atomic mass is 10.0. The molecular weight excluding hydrogens is 805 g/mol. The summed E-state index contributed by atoms with van der Waals surface area (Å²) in [7, 11) is 0. The number of hydrogen-bond donors (Lipinski definition) is 11. The summed E-state index contributed by atoms with van der Waals surface area (Å²) in [5, 5.41) is 42.2. The zero-order valence-corrected chi connectivity index (χ0v) is 34.2. The monoisotopic (exact) mass is 860 g/mol. The molecule has 0 fully saturated rings. The van der Waals surface area contributed by atoms with Crippen LogP contribution in [0.5, 0.6) is 5.75 Å². The van der Waals surface area contributed by atoms with Gasteiger partial charge in [0.15, 0.2) is 0 Å². The van der Waals surface area contributed by atoms with Crippen LogP contribution in [0.1, 0.15) is 61.6 Å². The molecule has 6 amide bonds. The van der Waals surface area contributed by atoms with Crippen LogP contribution in [-0.4, -0.2) is 105 Å². The van der Waals surface area contributed by atoms with E-state index in [1.54, 1.807) is 60.7 Å². The van der Waals surface area contributed by atoms with Crippen molar-refractivity contribution < 1.29 is 53.7 Å². The summed E-state index contributed by atoms with van der Waals surface area (Å²) in [5.74, 6) is -7.73. The molecule has 0 unspecified atom stereocenters. The molecule has 6 atom stereocenters. The number of rotatable bonds is 27. The molecule has 0 aliphatic carbocycles. The van der Waals surface area contributed by atoms with Crippen molar-refractivity contribution in [2.45, 2.75) is 100 Å². The molecule has 0 spiro atoms. The molecule has 0 aromatic heterocycles. The molecule has 0 aliphatic heterocycles. The summed E-state index contributed by atoms with van der Waals surface area (Å²) < 4.78 is 0. The molecule has 14 N–H and O–H groups in total. The largest absolute Gasteiger partial charge is 0.508 e. The molecule has 19 nitrogen and oxygen atoms in total. The number of nitrogens with one attached hydrogen (secondary N) is 5. The number of unbranched alkanes of at least 4 members (excludes halogenated alkanes) is 1. The van der Waals surface area contributed by atoms with Crippen LogP contribution in [0, 0.1) is 0 Å². The zero-order valence-electron chi connectivity index (χ0n) is 34.2. The molecule has 0 heterocycles. The van der Waals surface area contributed by atoms with Gasteiger partial charge in [-0.2, -0.15) is 0 Å². The number of aliphatic carboxylic acids is 2. The van der Waals surface area contributed by atoms with Crippen LogP contribution < -0.4 is 43.8 Å². The Morgan fingerprint density at radius 1 is 0.500 bits per heavy atom. The van der Waals surface area contributed by atoms with E-state index in [0.29, 0.717) is 29.5 Å². The third-order valence-corrected chi connectivity index (χ3v) is 9.72. The first kappa shape index (κ1) is 49.5. The number of aromatic hydroxyl groups is 1. The highest BCUT2D eigenvalue weighted by Crippen LogP contribution is 2.14. The first-order valence-electron chi connectivity index (χ1n) is 20.1. The topological polar surface area (TPSA) is 335 Å². The van der Waals surface area contributed by atoms with Crippen LogP contribution in [-0.2, 0) is 57.6 Å². The van der Waals surface area contributed by atoms with Crippen molar-refractivity contribution in [2.75, 3.05) is 6.54 Å². The molecule has 19 heteroatoms.